The van der Waals surface area contributed by atoms with E-state index in [4.69, 9.17) is 4.74 Å². The fourth-order valence-corrected chi connectivity index (χ4v) is 5.91. The van der Waals surface area contributed by atoms with Crippen LogP contribution in [0.4, 0.5) is 0 Å². The van der Waals surface area contributed by atoms with E-state index in [1.54, 1.807) is 46.9 Å². The summed E-state index contributed by atoms with van der Waals surface area (Å²) < 4.78 is 39.6. The number of halogens is 3. The number of ether oxygens (including phenoxy) is 1. The Morgan fingerprint density at radius 1 is 1.13 bits per heavy atom. The average Bonchev–Trinajstić information content (AvgIpc) is 2.44. The van der Waals surface area contributed by atoms with E-state index in [2.05, 4.69) is 22.6 Å². The first-order chi connectivity index (χ1) is 10.6. The van der Waals surface area contributed by atoms with Gasteiger partial charge in [0, 0.05) is 7.14 Å². The number of phenolic OH excluding ortho intramolecular Hbond substituents is 1. The monoisotopic (exact) mass is 671 g/mol. The molecule has 0 atom stereocenters. The summed E-state index contributed by atoms with van der Waals surface area (Å²) in [4.78, 5) is 11.6. The Morgan fingerprint density at radius 2 is 1.70 bits per heavy atom. The highest BCUT2D eigenvalue weighted by Gasteiger charge is 2.23. The van der Waals surface area contributed by atoms with Crippen LogP contribution in [0.2, 0.25) is 0 Å². The number of phenols is 1. The summed E-state index contributed by atoms with van der Waals surface area (Å²) in [7, 11) is -4.77. The molecule has 0 aromatic heterocycles. The molecule has 0 aliphatic rings. The van der Waals surface area contributed by atoms with Gasteiger partial charge in [-0.2, -0.15) is 0 Å². The van der Waals surface area contributed by atoms with E-state index in [9.17, 15) is 22.9 Å². The summed E-state index contributed by atoms with van der Waals surface area (Å²) in [6.45, 7) is 0. The van der Waals surface area contributed by atoms with Gasteiger partial charge in [0.1, 0.15) is 27.2 Å². The highest BCUT2D eigenvalue weighted by Crippen LogP contribution is 2.34. The molecule has 0 amide bonds. The van der Waals surface area contributed by atoms with Gasteiger partial charge in [0.25, 0.3) is 0 Å². The predicted octanol–water partition coefficient (Wildman–Crippen LogP) is 3.33. The van der Waals surface area contributed by atoms with Gasteiger partial charge in [-0.3, -0.25) is 0 Å². The number of aromatic hydroxyl groups is 1. The molecule has 0 aliphatic heterocycles. The lowest BCUT2D eigenvalue weighted by atomic mass is 10.2. The lowest BCUT2D eigenvalue weighted by Gasteiger charge is -2.15. The van der Waals surface area contributed by atoms with Crippen LogP contribution in [0, 0.1) is 10.7 Å². The SMILES string of the molecule is O=C(Oc1ccc(I)cc1)c1cc(I)c(S(=O)(=O)[O-])c(I)c1O. The van der Waals surface area contributed by atoms with E-state index >= 15 is 0 Å². The normalized spacial score (nSPS) is 11.3. The molecule has 0 fully saturated rings. The number of hydrogen-bond acceptors (Lipinski definition) is 6. The van der Waals surface area contributed by atoms with E-state index in [1.807, 2.05) is 0 Å². The Kier molecular flexibility index (Phi) is 6.13. The number of rotatable bonds is 3. The minimum atomic E-state index is -4.77. The van der Waals surface area contributed by atoms with E-state index < -0.39 is 26.7 Å². The molecule has 6 nitrogen and oxygen atoms in total. The van der Waals surface area contributed by atoms with Gasteiger partial charge in [-0.05, 0) is 98.1 Å². The molecule has 2 aromatic carbocycles. The molecule has 10 heteroatoms. The molecule has 2 rings (SSSR count). The summed E-state index contributed by atoms with van der Waals surface area (Å²) in [5, 5.41) is 10.0. The highest BCUT2D eigenvalue weighted by atomic mass is 127. The molecule has 0 spiro atoms. The number of hydrogen-bond donors (Lipinski definition) is 1. The number of carbonyl (C=O) groups excluding carboxylic acids is 1. The molecule has 23 heavy (non-hydrogen) atoms. The molecule has 122 valence electrons. The van der Waals surface area contributed by atoms with E-state index in [-0.39, 0.29) is 18.5 Å². The second kappa shape index (κ2) is 7.37. The molecular weight excluding hydrogens is 665 g/mol. The van der Waals surface area contributed by atoms with Crippen molar-refractivity contribution >= 4 is 83.9 Å². The molecular formula is C13H6I3O6S-. The van der Waals surface area contributed by atoms with Gasteiger partial charge < -0.3 is 14.4 Å². The fourth-order valence-electron chi connectivity index (χ4n) is 1.64. The van der Waals surface area contributed by atoms with Gasteiger partial charge in [0.15, 0.2) is 0 Å². The van der Waals surface area contributed by atoms with Gasteiger partial charge in [-0.1, -0.05) is 0 Å². The fraction of sp³-hybridized carbons (Fsp3) is 0. The van der Waals surface area contributed by atoms with Gasteiger partial charge in [-0.15, -0.1) is 0 Å². The smallest absolute Gasteiger partial charge is 0.347 e. The standard InChI is InChI=1S/C13H7I3O6S/c14-6-1-3-7(4-2-6)22-13(18)8-5-9(15)12(23(19,20)21)10(16)11(8)17/h1-5,17H,(H,19,20,21)/p-1. The molecule has 0 heterocycles. The number of esters is 1. The maximum atomic E-state index is 12.2. The molecule has 1 N–H and O–H groups in total. The van der Waals surface area contributed by atoms with E-state index in [0.717, 1.165) is 9.64 Å². The summed E-state index contributed by atoms with van der Waals surface area (Å²) in [6.07, 6.45) is 0. The van der Waals surface area contributed by atoms with Gasteiger partial charge >= 0.3 is 5.97 Å². The Bertz CT molecular complexity index is 878. The first-order valence-corrected chi connectivity index (χ1v) is 10.4. The van der Waals surface area contributed by atoms with Crippen molar-refractivity contribution < 1.29 is 27.6 Å². The zero-order valence-electron chi connectivity index (χ0n) is 10.9. The number of carbonyl (C=O) groups is 1. The van der Waals surface area contributed by atoms with Crippen LogP contribution in [0.25, 0.3) is 0 Å². The van der Waals surface area contributed by atoms with Crippen molar-refractivity contribution in [2.75, 3.05) is 0 Å². The quantitative estimate of drug-likeness (QED) is 0.233. The van der Waals surface area contributed by atoms with Crippen molar-refractivity contribution in [3.8, 4) is 11.5 Å². The van der Waals surface area contributed by atoms with Crippen LogP contribution in [0.1, 0.15) is 10.4 Å². The van der Waals surface area contributed by atoms with Crippen molar-refractivity contribution in [2.24, 2.45) is 0 Å². The van der Waals surface area contributed by atoms with E-state index in [1.165, 1.54) is 22.6 Å². The Hall–Kier alpha value is -0.190. The molecule has 2 aromatic rings. The lowest BCUT2D eigenvalue weighted by molar-refractivity contribution is 0.0731. The zero-order chi connectivity index (χ0) is 17.4. The molecule has 0 saturated carbocycles. The summed E-state index contributed by atoms with van der Waals surface area (Å²) in [5.41, 5.74) is -0.218. The maximum absolute atomic E-state index is 12.2. The molecule has 0 saturated heterocycles. The van der Waals surface area contributed by atoms with Crippen LogP contribution in [-0.4, -0.2) is 24.0 Å². The second-order valence-corrected chi connectivity index (χ2v) is 9.00. The predicted molar refractivity (Wildman–Crippen MR) is 106 cm³/mol. The van der Waals surface area contributed by atoms with Crippen LogP contribution in [0.15, 0.2) is 35.2 Å². The van der Waals surface area contributed by atoms with Gasteiger partial charge in [0.2, 0.25) is 0 Å². The van der Waals surface area contributed by atoms with Crippen molar-refractivity contribution in [3.63, 3.8) is 0 Å². The van der Waals surface area contributed by atoms with Crippen LogP contribution in [-0.2, 0) is 10.1 Å². The Morgan fingerprint density at radius 3 is 2.22 bits per heavy atom. The van der Waals surface area contributed by atoms with Crippen molar-refractivity contribution in [2.45, 2.75) is 4.90 Å². The second-order valence-electron chi connectivity index (χ2n) is 4.20. The third kappa shape index (κ3) is 4.46. The lowest BCUT2D eigenvalue weighted by Crippen LogP contribution is -2.12. The van der Waals surface area contributed by atoms with Crippen LogP contribution < -0.4 is 4.74 Å². The van der Waals surface area contributed by atoms with Crippen LogP contribution >= 0.6 is 67.8 Å². The van der Waals surface area contributed by atoms with Crippen molar-refractivity contribution in [1.29, 1.82) is 0 Å². The largest absolute Gasteiger partial charge is 0.744 e. The maximum Gasteiger partial charge on any atom is 0.347 e. The van der Waals surface area contributed by atoms with E-state index in [0.29, 0.717) is 0 Å². The Balaban J connectivity index is 2.44. The van der Waals surface area contributed by atoms with Crippen molar-refractivity contribution in [3.05, 3.63) is 46.6 Å². The van der Waals surface area contributed by atoms with Crippen molar-refractivity contribution in [1.82, 2.24) is 0 Å². The molecule has 0 unspecified atom stereocenters. The highest BCUT2D eigenvalue weighted by molar-refractivity contribution is 14.1. The molecule has 0 bridgehead atoms. The Labute approximate surface area is 172 Å². The topological polar surface area (TPSA) is 104 Å². The first kappa shape index (κ1) is 19.1. The minimum absolute atomic E-state index is 0.0364. The van der Waals surface area contributed by atoms with Crippen LogP contribution in [0.5, 0.6) is 11.5 Å². The first-order valence-electron chi connectivity index (χ1n) is 5.76. The number of benzene rings is 2. The van der Waals surface area contributed by atoms with Crippen LogP contribution in [0.3, 0.4) is 0 Å². The average molecular weight is 671 g/mol. The zero-order valence-corrected chi connectivity index (χ0v) is 18.2. The minimum Gasteiger partial charge on any atom is -0.744 e. The molecule has 0 aliphatic carbocycles. The third-order valence-electron chi connectivity index (χ3n) is 2.64. The molecule has 0 radical (unpaired) electrons. The van der Waals surface area contributed by atoms with Gasteiger partial charge in [-0.25, -0.2) is 13.2 Å². The summed E-state index contributed by atoms with van der Waals surface area (Å²) in [6, 6.07) is 7.76. The summed E-state index contributed by atoms with van der Waals surface area (Å²) >= 11 is 5.22. The summed E-state index contributed by atoms with van der Waals surface area (Å²) in [5.74, 6) is -1.18. The van der Waals surface area contributed by atoms with Gasteiger partial charge in [0.05, 0.1) is 8.47 Å². The third-order valence-corrected chi connectivity index (χ3v) is 6.92.